The molecule has 0 aromatic carbocycles. The molecule has 1 saturated carbocycles. The second-order valence-electron chi connectivity index (χ2n) is 5.61. The van der Waals surface area contributed by atoms with Crippen LogP contribution in [0.1, 0.15) is 39.5 Å². The van der Waals surface area contributed by atoms with E-state index in [2.05, 4.69) is 18.7 Å². The summed E-state index contributed by atoms with van der Waals surface area (Å²) in [5.74, 6) is 0.862. The Morgan fingerprint density at radius 1 is 1.31 bits per heavy atom. The Kier molecular flexibility index (Phi) is 4.22. The third-order valence-corrected chi connectivity index (χ3v) is 4.14. The highest BCUT2D eigenvalue weighted by Crippen LogP contribution is 2.29. The molecule has 94 valence electrons. The van der Waals surface area contributed by atoms with Crippen molar-refractivity contribution in [3.63, 3.8) is 0 Å². The lowest BCUT2D eigenvalue weighted by molar-refractivity contribution is -0.0968. The summed E-state index contributed by atoms with van der Waals surface area (Å²) >= 11 is 0. The second kappa shape index (κ2) is 5.48. The molecule has 1 heterocycles. The first-order valence-corrected chi connectivity index (χ1v) is 6.69. The molecule has 1 saturated heterocycles. The fourth-order valence-corrected chi connectivity index (χ4v) is 3.16. The lowest BCUT2D eigenvalue weighted by atomic mass is 9.85. The Morgan fingerprint density at radius 3 is 2.81 bits per heavy atom. The van der Waals surface area contributed by atoms with Gasteiger partial charge < -0.3 is 9.84 Å². The fourth-order valence-electron chi connectivity index (χ4n) is 3.16. The van der Waals surface area contributed by atoms with Gasteiger partial charge in [0.25, 0.3) is 0 Å². The van der Waals surface area contributed by atoms with Crippen molar-refractivity contribution in [3.8, 4) is 0 Å². The summed E-state index contributed by atoms with van der Waals surface area (Å²) < 4.78 is 5.60. The highest BCUT2D eigenvalue weighted by atomic mass is 16.5. The van der Waals surface area contributed by atoms with Gasteiger partial charge in [-0.1, -0.05) is 19.8 Å². The van der Waals surface area contributed by atoms with Crippen LogP contribution in [-0.2, 0) is 4.74 Å². The molecule has 16 heavy (non-hydrogen) atoms. The highest BCUT2D eigenvalue weighted by Gasteiger charge is 2.32. The van der Waals surface area contributed by atoms with Gasteiger partial charge >= 0.3 is 0 Å². The van der Waals surface area contributed by atoms with Gasteiger partial charge in [-0.15, -0.1) is 0 Å². The van der Waals surface area contributed by atoms with Crippen LogP contribution in [0.5, 0.6) is 0 Å². The Balaban J connectivity index is 1.94. The third kappa shape index (κ3) is 2.76. The van der Waals surface area contributed by atoms with E-state index in [0.29, 0.717) is 6.04 Å². The summed E-state index contributed by atoms with van der Waals surface area (Å²) in [6, 6.07) is 1.23. The number of hydrogen-bond acceptors (Lipinski definition) is 3. The average molecular weight is 227 g/mol. The number of aliphatic hydroxyl groups is 1. The largest absolute Gasteiger partial charge is 0.394 e. The lowest BCUT2D eigenvalue weighted by Crippen LogP contribution is -2.54. The minimum absolute atomic E-state index is 0.0356. The van der Waals surface area contributed by atoms with Crippen molar-refractivity contribution in [1.29, 1.82) is 0 Å². The zero-order chi connectivity index (χ0) is 11.5. The van der Waals surface area contributed by atoms with Crippen LogP contribution in [-0.4, -0.2) is 48.0 Å². The van der Waals surface area contributed by atoms with E-state index in [4.69, 9.17) is 4.74 Å². The van der Waals surface area contributed by atoms with Gasteiger partial charge in [0.1, 0.15) is 0 Å². The Labute approximate surface area is 98.8 Å². The molecule has 1 aliphatic carbocycles. The van der Waals surface area contributed by atoms with Crippen LogP contribution >= 0.6 is 0 Å². The quantitative estimate of drug-likeness (QED) is 0.778. The molecule has 2 fully saturated rings. The van der Waals surface area contributed by atoms with E-state index in [-0.39, 0.29) is 12.7 Å². The first-order chi connectivity index (χ1) is 7.70. The molecule has 4 unspecified atom stereocenters. The summed E-state index contributed by atoms with van der Waals surface area (Å²) in [5, 5.41) is 9.19. The maximum Gasteiger partial charge on any atom is 0.0933 e. The van der Waals surface area contributed by atoms with Gasteiger partial charge in [-0.3, -0.25) is 4.90 Å². The maximum atomic E-state index is 9.19. The van der Waals surface area contributed by atoms with Crippen LogP contribution in [0.3, 0.4) is 0 Å². The first kappa shape index (κ1) is 12.3. The van der Waals surface area contributed by atoms with Crippen molar-refractivity contribution in [3.05, 3.63) is 0 Å². The van der Waals surface area contributed by atoms with Crippen LogP contribution < -0.4 is 0 Å². The molecule has 0 aromatic rings. The van der Waals surface area contributed by atoms with Crippen LogP contribution in [0.25, 0.3) is 0 Å². The number of nitrogens with zero attached hydrogens (tertiary/aromatic N) is 1. The summed E-state index contributed by atoms with van der Waals surface area (Å²) in [6.07, 6.45) is 5.43. The Morgan fingerprint density at radius 2 is 2.12 bits per heavy atom. The normalized spacial score (nSPS) is 42.2. The summed E-state index contributed by atoms with van der Waals surface area (Å²) in [6.45, 7) is 6.45. The van der Waals surface area contributed by atoms with E-state index >= 15 is 0 Å². The molecule has 1 N–H and O–H groups in total. The molecule has 0 radical (unpaired) electrons. The van der Waals surface area contributed by atoms with Crippen LogP contribution in [0, 0.1) is 5.92 Å². The summed E-state index contributed by atoms with van der Waals surface area (Å²) in [4.78, 5) is 2.57. The van der Waals surface area contributed by atoms with E-state index in [1.807, 2.05) is 0 Å². The van der Waals surface area contributed by atoms with E-state index < -0.39 is 0 Å². The van der Waals surface area contributed by atoms with Gasteiger partial charge in [-0.2, -0.15) is 0 Å². The summed E-state index contributed by atoms with van der Waals surface area (Å²) in [7, 11) is 0. The zero-order valence-corrected chi connectivity index (χ0v) is 10.6. The predicted molar refractivity (Wildman–Crippen MR) is 64.4 cm³/mol. The van der Waals surface area contributed by atoms with E-state index in [1.165, 1.54) is 25.7 Å². The van der Waals surface area contributed by atoms with Crippen molar-refractivity contribution < 1.29 is 9.84 Å². The predicted octanol–water partition coefficient (Wildman–Crippen LogP) is 1.65. The molecule has 0 spiro atoms. The minimum atomic E-state index is 0.0356. The average Bonchev–Trinajstić information content (AvgIpc) is 2.30. The summed E-state index contributed by atoms with van der Waals surface area (Å²) in [5.41, 5.74) is 0. The minimum Gasteiger partial charge on any atom is -0.394 e. The van der Waals surface area contributed by atoms with Crippen molar-refractivity contribution in [1.82, 2.24) is 4.90 Å². The lowest BCUT2D eigenvalue weighted by Gasteiger charge is -2.44. The van der Waals surface area contributed by atoms with E-state index in [9.17, 15) is 5.11 Å². The number of ether oxygens (including phenoxy) is 1. The molecule has 2 aliphatic rings. The molecule has 0 amide bonds. The molecule has 4 atom stereocenters. The standard InChI is InChI=1S/C13H25NO2/c1-10-4-3-5-12(6-10)14-7-13(8-15)16-9-11(14)2/h10-13,15H,3-9H2,1-2H3. The molecule has 1 aliphatic heterocycles. The molecule has 3 nitrogen and oxygen atoms in total. The maximum absolute atomic E-state index is 9.19. The monoisotopic (exact) mass is 227 g/mol. The van der Waals surface area contributed by atoms with Crippen molar-refractivity contribution in [2.75, 3.05) is 19.8 Å². The topological polar surface area (TPSA) is 32.7 Å². The number of aliphatic hydroxyl groups excluding tert-OH is 1. The van der Waals surface area contributed by atoms with Crippen molar-refractivity contribution in [2.45, 2.75) is 57.7 Å². The molecule has 0 aromatic heterocycles. The molecular weight excluding hydrogens is 202 g/mol. The Bertz CT molecular complexity index is 222. The second-order valence-corrected chi connectivity index (χ2v) is 5.61. The molecule has 3 heteroatoms. The van der Waals surface area contributed by atoms with Crippen LogP contribution in [0.15, 0.2) is 0 Å². The fraction of sp³-hybridized carbons (Fsp3) is 1.00. The van der Waals surface area contributed by atoms with E-state index in [0.717, 1.165) is 25.1 Å². The van der Waals surface area contributed by atoms with Gasteiger partial charge in [0.2, 0.25) is 0 Å². The van der Waals surface area contributed by atoms with Gasteiger partial charge in [-0.25, -0.2) is 0 Å². The molecule has 2 rings (SSSR count). The van der Waals surface area contributed by atoms with Crippen molar-refractivity contribution >= 4 is 0 Å². The van der Waals surface area contributed by atoms with Gasteiger partial charge in [0, 0.05) is 18.6 Å². The van der Waals surface area contributed by atoms with Gasteiger partial charge in [0.05, 0.1) is 19.3 Å². The highest BCUT2D eigenvalue weighted by molar-refractivity contribution is 4.86. The van der Waals surface area contributed by atoms with Gasteiger partial charge in [-0.05, 0) is 25.7 Å². The number of morpholine rings is 1. The van der Waals surface area contributed by atoms with Crippen LogP contribution in [0.2, 0.25) is 0 Å². The molecular formula is C13H25NO2. The van der Waals surface area contributed by atoms with E-state index in [1.54, 1.807) is 0 Å². The molecule has 0 bridgehead atoms. The SMILES string of the molecule is CC1CCCC(N2CC(CO)OCC2C)C1. The zero-order valence-electron chi connectivity index (χ0n) is 10.6. The number of hydrogen-bond donors (Lipinski definition) is 1. The van der Waals surface area contributed by atoms with Crippen molar-refractivity contribution in [2.24, 2.45) is 5.92 Å². The Hall–Kier alpha value is -0.120. The van der Waals surface area contributed by atoms with Gasteiger partial charge in [0.15, 0.2) is 0 Å². The van der Waals surface area contributed by atoms with Crippen LogP contribution in [0.4, 0.5) is 0 Å². The first-order valence-electron chi connectivity index (χ1n) is 6.69. The smallest absolute Gasteiger partial charge is 0.0933 e. The number of rotatable bonds is 2. The third-order valence-electron chi connectivity index (χ3n) is 4.14.